The zero-order valence-electron chi connectivity index (χ0n) is 13.1. The van der Waals surface area contributed by atoms with Gasteiger partial charge in [0.2, 0.25) is 0 Å². The Morgan fingerprint density at radius 2 is 1.81 bits per heavy atom. The van der Waals surface area contributed by atoms with E-state index in [1.54, 1.807) is 4.90 Å². The summed E-state index contributed by atoms with van der Waals surface area (Å²) in [4.78, 5) is 14.4. The van der Waals surface area contributed by atoms with Crippen molar-refractivity contribution in [1.82, 2.24) is 0 Å². The second-order valence-electron chi connectivity index (χ2n) is 5.28. The summed E-state index contributed by atoms with van der Waals surface area (Å²) in [6.07, 6.45) is 0. The fourth-order valence-corrected chi connectivity index (χ4v) is 2.32. The molecule has 0 radical (unpaired) electrons. The zero-order valence-corrected chi connectivity index (χ0v) is 13.1. The Kier molecular flexibility index (Phi) is 4.63. The smallest absolute Gasteiger partial charge is 0.260 e. The molecule has 0 saturated carbocycles. The van der Waals surface area contributed by atoms with Gasteiger partial charge in [-0.3, -0.25) is 4.79 Å². The van der Waals surface area contributed by atoms with Crippen LogP contribution < -0.4 is 10.2 Å². The summed E-state index contributed by atoms with van der Waals surface area (Å²) in [5.74, 6) is -0.00319. The number of carbonyl (C=O) groups is 1. The van der Waals surface area contributed by atoms with E-state index in [1.807, 2.05) is 70.3 Å². The van der Waals surface area contributed by atoms with E-state index in [9.17, 15) is 4.79 Å². The first-order chi connectivity index (χ1) is 10.0. The Balaban J connectivity index is 2.35. The predicted octanol–water partition coefficient (Wildman–Crippen LogP) is 4.01. The molecule has 0 heterocycles. The lowest BCUT2D eigenvalue weighted by atomic mass is 10.1. The van der Waals surface area contributed by atoms with E-state index in [4.69, 9.17) is 0 Å². The van der Waals surface area contributed by atoms with E-state index in [0.29, 0.717) is 5.56 Å². The van der Waals surface area contributed by atoms with E-state index in [1.165, 1.54) is 0 Å². The van der Waals surface area contributed by atoms with Gasteiger partial charge in [-0.25, -0.2) is 0 Å². The van der Waals surface area contributed by atoms with Crippen LogP contribution in [-0.2, 0) is 0 Å². The molecule has 0 unspecified atom stereocenters. The minimum atomic E-state index is -0.00319. The number of nitrogens with one attached hydrogen (secondary N) is 1. The molecule has 0 aromatic heterocycles. The van der Waals surface area contributed by atoms with Crippen molar-refractivity contribution in [3.8, 4) is 0 Å². The Bertz CT molecular complexity index is 649. The molecule has 110 valence electrons. The Labute approximate surface area is 126 Å². The van der Waals surface area contributed by atoms with Crippen LogP contribution in [0.4, 0.5) is 11.4 Å². The topological polar surface area (TPSA) is 32.3 Å². The van der Waals surface area contributed by atoms with E-state index in [0.717, 1.165) is 29.0 Å². The number of benzene rings is 2. The van der Waals surface area contributed by atoms with Gasteiger partial charge >= 0.3 is 0 Å². The number of anilines is 2. The molecule has 1 N–H and O–H groups in total. The molecule has 3 heteroatoms. The lowest BCUT2D eigenvalue weighted by molar-refractivity contribution is 0.0994. The Morgan fingerprint density at radius 1 is 1.10 bits per heavy atom. The number of carbonyl (C=O) groups excluding carboxylic acids is 1. The van der Waals surface area contributed by atoms with Gasteiger partial charge in [-0.1, -0.05) is 18.2 Å². The highest BCUT2D eigenvalue weighted by Gasteiger charge is 2.17. The number of nitrogens with zero attached hydrogens (tertiary/aromatic N) is 1. The highest BCUT2D eigenvalue weighted by molar-refractivity contribution is 6.09. The molecule has 2 rings (SSSR count). The molecule has 0 fully saturated rings. The summed E-state index contributed by atoms with van der Waals surface area (Å²) in [6, 6.07) is 13.8. The first kappa shape index (κ1) is 15.1. The summed E-state index contributed by atoms with van der Waals surface area (Å²) in [7, 11) is 1.81. The van der Waals surface area contributed by atoms with Crippen molar-refractivity contribution < 1.29 is 4.79 Å². The predicted molar refractivity (Wildman–Crippen MR) is 89.3 cm³/mol. The fraction of sp³-hybridized carbons (Fsp3) is 0.278. The third kappa shape index (κ3) is 3.43. The van der Waals surface area contributed by atoms with Crippen LogP contribution in [0.15, 0.2) is 42.5 Å². The molecular weight excluding hydrogens is 260 g/mol. The Morgan fingerprint density at radius 3 is 2.48 bits per heavy atom. The highest BCUT2D eigenvalue weighted by Crippen LogP contribution is 2.22. The molecule has 2 aromatic rings. The molecule has 3 nitrogen and oxygen atoms in total. The molecule has 0 bridgehead atoms. The van der Waals surface area contributed by atoms with Crippen molar-refractivity contribution in [3.63, 3.8) is 0 Å². The number of hydrogen-bond donors (Lipinski definition) is 1. The Hall–Kier alpha value is -2.29. The monoisotopic (exact) mass is 282 g/mol. The standard InChI is InChI=1S/C18H22N2O/c1-5-19-17-12-14(3)9-10-16(17)18(21)20(4)15-8-6-7-13(2)11-15/h6-12,19H,5H2,1-4H3. The van der Waals surface area contributed by atoms with Gasteiger partial charge in [0.1, 0.15) is 0 Å². The highest BCUT2D eigenvalue weighted by atomic mass is 16.2. The minimum Gasteiger partial charge on any atom is -0.385 e. The lowest BCUT2D eigenvalue weighted by Gasteiger charge is -2.20. The van der Waals surface area contributed by atoms with Gasteiger partial charge in [0.05, 0.1) is 5.56 Å². The van der Waals surface area contributed by atoms with Crippen LogP contribution in [0.3, 0.4) is 0 Å². The SMILES string of the molecule is CCNc1cc(C)ccc1C(=O)N(C)c1cccc(C)c1. The van der Waals surface area contributed by atoms with Gasteiger partial charge in [0.15, 0.2) is 0 Å². The molecule has 21 heavy (non-hydrogen) atoms. The van der Waals surface area contributed by atoms with Crippen LogP contribution in [0.25, 0.3) is 0 Å². The van der Waals surface area contributed by atoms with Crippen molar-refractivity contribution >= 4 is 17.3 Å². The summed E-state index contributed by atoms with van der Waals surface area (Å²) in [5.41, 5.74) is 4.78. The normalized spacial score (nSPS) is 10.3. The first-order valence-corrected chi connectivity index (χ1v) is 7.22. The van der Waals surface area contributed by atoms with E-state index in [-0.39, 0.29) is 5.91 Å². The minimum absolute atomic E-state index is 0.00319. The molecule has 0 aliphatic carbocycles. The largest absolute Gasteiger partial charge is 0.385 e. The van der Waals surface area contributed by atoms with Gasteiger partial charge in [-0.05, 0) is 56.2 Å². The average Bonchev–Trinajstić information content (AvgIpc) is 2.46. The second-order valence-corrected chi connectivity index (χ2v) is 5.28. The van der Waals surface area contributed by atoms with Gasteiger partial charge in [0, 0.05) is 25.0 Å². The van der Waals surface area contributed by atoms with Gasteiger partial charge in [-0.15, -0.1) is 0 Å². The van der Waals surface area contributed by atoms with Gasteiger partial charge in [0.25, 0.3) is 5.91 Å². The van der Waals surface area contributed by atoms with Crippen molar-refractivity contribution in [2.45, 2.75) is 20.8 Å². The third-order valence-electron chi connectivity index (χ3n) is 3.47. The first-order valence-electron chi connectivity index (χ1n) is 7.22. The zero-order chi connectivity index (χ0) is 15.4. The summed E-state index contributed by atoms with van der Waals surface area (Å²) < 4.78 is 0. The van der Waals surface area contributed by atoms with E-state index >= 15 is 0 Å². The average molecular weight is 282 g/mol. The molecule has 0 aliphatic heterocycles. The van der Waals surface area contributed by atoms with E-state index in [2.05, 4.69) is 5.32 Å². The molecule has 0 saturated heterocycles. The summed E-state index contributed by atoms with van der Waals surface area (Å²) in [5, 5.41) is 3.27. The van der Waals surface area contributed by atoms with E-state index < -0.39 is 0 Å². The van der Waals surface area contributed by atoms with Crippen molar-refractivity contribution in [1.29, 1.82) is 0 Å². The van der Waals surface area contributed by atoms with Crippen molar-refractivity contribution in [2.24, 2.45) is 0 Å². The molecule has 0 atom stereocenters. The van der Waals surface area contributed by atoms with Crippen LogP contribution in [0.5, 0.6) is 0 Å². The van der Waals surface area contributed by atoms with Crippen LogP contribution in [-0.4, -0.2) is 19.5 Å². The molecular formula is C18H22N2O. The third-order valence-corrected chi connectivity index (χ3v) is 3.47. The summed E-state index contributed by atoms with van der Waals surface area (Å²) >= 11 is 0. The van der Waals surface area contributed by atoms with Crippen molar-refractivity contribution in [2.75, 3.05) is 23.8 Å². The maximum Gasteiger partial charge on any atom is 0.260 e. The number of hydrogen-bond acceptors (Lipinski definition) is 2. The van der Waals surface area contributed by atoms with Crippen molar-refractivity contribution in [3.05, 3.63) is 59.2 Å². The number of rotatable bonds is 4. The maximum atomic E-state index is 12.7. The lowest BCUT2D eigenvalue weighted by Crippen LogP contribution is -2.27. The molecule has 2 aromatic carbocycles. The quantitative estimate of drug-likeness (QED) is 0.919. The van der Waals surface area contributed by atoms with Gasteiger partial charge in [-0.2, -0.15) is 0 Å². The summed E-state index contributed by atoms with van der Waals surface area (Å²) in [6.45, 7) is 6.87. The number of amides is 1. The maximum absolute atomic E-state index is 12.7. The molecule has 0 aliphatic rings. The second kappa shape index (κ2) is 6.44. The molecule has 0 spiro atoms. The fourth-order valence-electron chi connectivity index (χ4n) is 2.32. The number of aryl methyl sites for hydroxylation is 2. The van der Waals surface area contributed by atoms with Gasteiger partial charge < -0.3 is 10.2 Å². The van der Waals surface area contributed by atoms with Crippen LogP contribution in [0.2, 0.25) is 0 Å². The van der Waals surface area contributed by atoms with Crippen LogP contribution >= 0.6 is 0 Å². The molecule has 1 amide bonds. The van der Waals surface area contributed by atoms with Crippen LogP contribution in [0.1, 0.15) is 28.4 Å². The van der Waals surface area contributed by atoms with Crippen LogP contribution in [0, 0.1) is 13.8 Å².